The second kappa shape index (κ2) is 13.9. The summed E-state index contributed by atoms with van der Waals surface area (Å²) in [5, 5.41) is 15.0. The smallest absolute Gasteiger partial charge is 0.263 e. The molecule has 15 heteroatoms. The number of piperazine rings is 1. The Bertz CT molecular complexity index is 2170. The SMILES string of the molecule is CC1(C)[C@H](NC(=O)c2ccc(N3CCN(C4CN(c5cc6c(cn5)C(=O)N(C5CCC(=O)NC5=O)C6=O)C4)CC3)cc2)C(C)(C)[C@H]1Oc1ccc(C#N)c(Cl)c1. The average molecular weight is 779 g/mol. The van der Waals surface area contributed by atoms with Gasteiger partial charge in [0.25, 0.3) is 17.7 Å². The highest BCUT2D eigenvalue weighted by atomic mass is 35.5. The van der Waals surface area contributed by atoms with Crippen LogP contribution in [0.4, 0.5) is 11.5 Å². The molecule has 5 amide bonds. The van der Waals surface area contributed by atoms with Crippen LogP contribution >= 0.6 is 11.6 Å². The highest BCUT2D eigenvalue weighted by Gasteiger charge is 2.64. The largest absolute Gasteiger partial charge is 0.489 e. The van der Waals surface area contributed by atoms with Crippen molar-refractivity contribution in [2.24, 2.45) is 10.8 Å². The number of piperidine rings is 1. The van der Waals surface area contributed by atoms with Crippen LogP contribution in [0.15, 0.2) is 54.7 Å². The maximum Gasteiger partial charge on any atom is 0.263 e. The molecule has 5 heterocycles. The molecule has 3 aromatic rings. The molecule has 2 N–H and O–H groups in total. The van der Waals surface area contributed by atoms with Crippen molar-refractivity contribution in [3.63, 3.8) is 0 Å². The van der Waals surface area contributed by atoms with E-state index < -0.39 is 29.7 Å². The summed E-state index contributed by atoms with van der Waals surface area (Å²) < 4.78 is 6.37. The van der Waals surface area contributed by atoms with Gasteiger partial charge in [-0.05, 0) is 48.9 Å². The number of rotatable bonds is 8. The molecule has 0 spiro atoms. The molecule has 0 bridgehead atoms. The topological polar surface area (TPSA) is 168 Å². The van der Waals surface area contributed by atoms with Crippen LogP contribution in [0.2, 0.25) is 5.02 Å². The third kappa shape index (κ3) is 6.32. The Balaban J connectivity index is 0.817. The van der Waals surface area contributed by atoms with E-state index in [9.17, 15) is 29.2 Å². The fourth-order valence-corrected chi connectivity index (χ4v) is 9.59. The third-order valence-electron chi connectivity index (χ3n) is 12.3. The van der Waals surface area contributed by atoms with Crippen molar-refractivity contribution in [2.75, 3.05) is 49.1 Å². The number of amides is 5. The minimum Gasteiger partial charge on any atom is -0.489 e. The molecular formula is C41H43ClN8O6. The first kappa shape index (κ1) is 37.4. The molecule has 4 aliphatic heterocycles. The zero-order valence-corrected chi connectivity index (χ0v) is 32.4. The lowest BCUT2D eigenvalue weighted by Gasteiger charge is -2.63. The van der Waals surface area contributed by atoms with Gasteiger partial charge in [0.2, 0.25) is 11.8 Å². The van der Waals surface area contributed by atoms with Crippen molar-refractivity contribution < 1.29 is 28.7 Å². The van der Waals surface area contributed by atoms with Crippen LogP contribution in [0.25, 0.3) is 0 Å². The number of pyridine rings is 1. The Kier molecular flexibility index (Phi) is 9.28. The fraction of sp³-hybridized carbons (Fsp3) is 0.439. The van der Waals surface area contributed by atoms with Crippen LogP contribution in [-0.4, -0.2) is 108 Å². The van der Waals surface area contributed by atoms with E-state index in [4.69, 9.17) is 16.3 Å². The maximum absolute atomic E-state index is 13.5. The zero-order chi connectivity index (χ0) is 39.7. The van der Waals surface area contributed by atoms with E-state index in [2.05, 4.69) is 64.1 Å². The monoisotopic (exact) mass is 778 g/mol. The van der Waals surface area contributed by atoms with Gasteiger partial charge in [-0.1, -0.05) is 39.3 Å². The minimum atomic E-state index is -1.01. The molecule has 4 fully saturated rings. The van der Waals surface area contributed by atoms with Gasteiger partial charge in [-0.2, -0.15) is 5.26 Å². The first-order valence-corrected chi connectivity index (χ1v) is 19.3. The number of nitrogens with one attached hydrogen (secondary N) is 2. The number of carbonyl (C=O) groups is 5. The van der Waals surface area contributed by atoms with Gasteiger partial charge in [-0.15, -0.1) is 0 Å². The molecule has 1 saturated carbocycles. The number of benzene rings is 2. The molecule has 14 nitrogen and oxygen atoms in total. The summed E-state index contributed by atoms with van der Waals surface area (Å²) in [6.45, 7) is 13.2. The number of carbonyl (C=O) groups excluding carboxylic acids is 5. The molecular weight excluding hydrogens is 736 g/mol. The van der Waals surface area contributed by atoms with Crippen molar-refractivity contribution in [1.29, 1.82) is 5.26 Å². The van der Waals surface area contributed by atoms with E-state index in [0.717, 1.165) is 49.9 Å². The van der Waals surface area contributed by atoms with E-state index >= 15 is 0 Å². The van der Waals surface area contributed by atoms with E-state index in [1.165, 1.54) is 6.20 Å². The number of halogens is 1. The summed E-state index contributed by atoms with van der Waals surface area (Å²) in [7, 11) is 0. The summed E-state index contributed by atoms with van der Waals surface area (Å²) in [5.74, 6) is -1.09. The van der Waals surface area contributed by atoms with Crippen molar-refractivity contribution in [3.05, 3.63) is 82.0 Å². The number of nitrogens with zero attached hydrogens (tertiary/aromatic N) is 6. The number of ether oxygens (including phenoxy) is 1. The lowest BCUT2D eigenvalue weighted by atomic mass is 9.49. The van der Waals surface area contributed by atoms with Crippen LogP contribution in [0.3, 0.4) is 0 Å². The van der Waals surface area contributed by atoms with Crippen molar-refractivity contribution in [3.8, 4) is 11.8 Å². The lowest BCUT2D eigenvalue weighted by Crippen LogP contribution is -2.74. The Morgan fingerprint density at radius 1 is 0.929 bits per heavy atom. The molecule has 1 aromatic heterocycles. The summed E-state index contributed by atoms with van der Waals surface area (Å²) in [6, 6.07) is 15.7. The quantitative estimate of drug-likeness (QED) is 0.321. The summed E-state index contributed by atoms with van der Waals surface area (Å²) in [6.07, 6.45) is 1.39. The van der Waals surface area contributed by atoms with Crippen molar-refractivity contribution >= 4 is 52.6 Å². The van der Waals surface area contributed by atoms with Crippen LogP contribution in [-0.2, 0) is 9.59 Å². The second-order valence-electron chi connectivity index (χ2n) is 16.5. The van der Waals surface area contributed by atoms with Gasteiger partial charge in [0, 0.05) is 92.1 Å². The first-order chi connectivity index (χ1) is 26.7. The van der Waals surface area contributed by atoms with E-state index in [1.807, 2.05) is 24.3 Å². The van der Waals surface area contributed by atoms with E-state index in [0.29, 0.717) is 33.8 Å². The molecule has 5 aliphatic rings. The highest BCUT2D eigenvalue weighted by Crippen LogP contribution is 2.55. The fourth-order valence-electron chi connectivity index (χ4n) is 9.38. The van der Waals surface area contributed by atoms with E-state index in [1.54, 1.807) is 24.3 Å². The Morgan fingerprint density at radius 2 is 1.61 bits per heavy atom. The number of fused-ring (bicyclic) bond motifs is 1. The maximum atomic E-state index is 13.5. The summed E-state index contributed by atoms with van der Waals surface area (Å²) in [5.41, 5.74) is 1.71. The molecule has 1 aliphatic carbocycles. The zero-order valence-electron chi connectivity index (χ0n) is 31.7. The summed E-state index contributed by atoms with van der Waals surface area (Å²) >= 11 is 6.24. The molecule has 56 heavy (non-hydrogen) atoms. The Labute approximate surface area is 329 Å². The number of aromatic nitrogens is 1. The standard InChI is InChI=1S/C41H43ClN8O6/c1-40(2)38(41(3,4)39(40)56-27-10-7-24(19-43)30(42)17-27)46-34(52)23-5-8-25(9-6-23)47-13-15-48(16-14-47)26-21-49(22-26)32-18-28-29(20-44-32)37(55)50(36(28)54)31-11-12-33(51)45-35(31)53/h5-10,17-18,20,26,31,38-39H,11-16,21-22H2,1-4H3,(H,46,52)(H,45,51,53)/t31?,38-,39-. The molecule has 2 aromatic carbocycles. The number of hydrogen-bond donors (Lipinski definition) is 2. The van der Waals surface area contributed by atoms with Gasteiger partial charge >= 0.3 is 0 Å². The van der Waals surface area contributed by atoms with Crippen LogP contribution < -0.4 is 25.2 Å². The minimum absolute atomic E-state index is 0.0684. The predicted octanol–water partition coefficient (Wildman–Crippen LogP) is 3.63. The second-order valence-corrected chi connectivity index (χ2v) is 16.9. The molecule has 8 rings (SSSR count). The Morgan fingerprint density at radius 3 is 2.25 bits per heavy atom. The normalized spacial score (nSPS) is 24.5. The van der Waals surface area contributed by atoms with Gasteiger partial charge in [0.1, 0.15) is 29.8 Å². The molecule has 3 saturated heterocycles. The van der Waals surface area contributed by atoms with Crippen LogP contribution in [0.1, 0.15) is 77.2 Å². The van der Waals surface area contributed by atoms with Gasteiger partial charge in [-0.25, -0.2) is 4.98 Å². The van der Waals surface area contributed by atoms with Gasteiger partial charge < -0.3 is 19.9 Å². The predicted molar refractivity (Wildman–Crippen MR) is 207 cm³/mol. The highest BCUT2D eigenvalue weighted by molar-refractivity contribution is 6.31. The van der Waals surface area contributed by atoms with Gasteiger partial charge in [-0.3, -0.25) is 39.1 Å². The van der Waals surface area contributed by atoms with Crippen LogP contribution in [0.5, 0.6) is 5.75 Å². The van der Waals surface area contributed by atoms with Crippen molar-refractivity contribution in [2.45, 2.75) is 64.8 Å². The van der Waals surface area contributed by atoms with Crippen LogP contribution in [0, 0.1) is 22.2 Å². The summed E-state index contributed by atoms with van der Waals surface area (Å²) in [4.78, 5) is 76.1. The Hall–Kier alpha value is -5.52. The average Bonchev–Trinajstić information content (AvgIpc) is 3.40. The first-order valence-electron chi connectivity index (χ1n) is 18.9. The van der Waals surface area contributed by atoms with E-state index in [-0.39, 0.29) is 52.9 Å². The number of anilines is 2. The van der Waals surface area contributed by atoms with Crippen molar-refractivity contribution in [1.82, 2.24) is 25.4 Å². The number of imide groups is 2. The number of nitriles is 1. The third-order valence-corrected chi connectivity index (χ3v) is 12.6. The van der Waals surface area contributed by atoms with Gasteiger partial charge in [0.15, 0.2) is 0 Å². The molecule has 290 valence electrons. The molecule has 0 radical (unpaired) electrons. The molecule has 1 atom stereocenters. The number of hydrogen-bond acceptors (Lipinski definition) is 11. The lowest BCUT2D eigenvalue weighted by molar-refractivity contribution is -0.164. The molecule has 1 unspecified atom stereocenters. The van der Waals surface area contributed by atoms with Gasteiger partial charge in [0.05, 0.1) is 21.7 Å².